The first-order chi connectivity index (χ1) is 20.5. The summed E-state index contributed by atoms with van der Waals surface area (Å²) in [5.41, 5.74) is 1.06. The summed E-state index contributed by atoms with van der Waals surface area (Å²) < 4.78 is 1.85. The summed E-state index contributed by atoms with van der Waals surface area (Å²) in [6.07, 6.45) is 0. The first-order valence-electron chi connectivity index (χ1n) is 13.0. The number of benzene rings is 3. The maximum Gasteiger partial charge on any atom is 0.283 e. The van der Waals surface area contributed by atoms with Gasteiger partial charge in [0.15, 0.2) is 0 Å². The van der Waals surface area contributed by atoms with Crippen LogP contribution in [-0.2, 0) is 13.2 Å². The van der Waals surface area contributed by atoms with Crippen LogP contribution < -0.4 is 31.4 Å². The molecule has 0 aliphatic rings. The van der Waals surface area contributed by atoms with E-state index in [2.05, 4.69) is 10.6 Å². The highest BCUT2D eigenvalue weighted by Crippen LogP contribution is 2.22. The van der Waals surface area contributed by atoms with Crippen LogP contribution in [0.15, 0.2) is 131 Å². The van der Waals surface area contributed by atoms with E-state index in [1.54, 1.807) is 24.3 Å². The van der Waals surface area contributed by atoms with E-state index in [0.717, 1.165) is 20.6 Å². The third-order valence-corrected chi connectivity index (χ3v) is 6.12. The van der Waals surface area contributed by atoms with Crippen LogP contribution in [0, 0.1) is 0 Å². The summed E-state index contributed by atoms with van der Waals surface area (Å²) in [6.45, 7) is 0.144. The van der Waals surface area contributed by atoms with Crippen molar-refractivity contribution < 1.29 is 19.3 Å². The molecule has 10 heteroatoms. The quantitative estimate of drug-likeness (QED) is 0.267. The summed E-state index contributed by atoms with van der Waals surface area (Å²) in [5.74, 6) is -1.27. The van der Waals surface area contributed by atoms with Crippen LogP contribution in [0.1, 0.15) is 32.1 Å². The molecule has 0 spiro atoms. The molecule has 42 heavy (non-hydrogen) atoms. The minimum atomic E-state index is -0.634. The van der Waals surface area contributed by atoms with Gasteiger partial charge in [-0.05, 0) is 35.4 Å². The fraction of sp³-hybridized carbons (Fsp3) is 0.0625. The molecule has 0 fully saturated rings. The number of carbonyl (C=O) groups is 2. The second-order valence-electron chi connectivity index (χ2n) is 9.06. The Morgan fingerprint density at radius 3 is 1.29 bits per heavy atom. The third-order valence-electron chi connectivity index (χ3n) is 6.12. The zero-order chi connectivity index (χ0) is 29.3. The van der Waals surface area contributed by atoms with E-state index in [1.165, 1.54) is 36.4 Å². The Balaban J connectivity index is 1.34. The average molecular weight is 563 g/mol. The molecule has 0 unspecified atom stereocenters. The van der Waals surface area contributed by atoms with Gasteiger partial charge in [0.25, 0.3) is 22.9 Å². The molecule has 0 aliphatic carbocycles. The van der Waals surface area contributed by atoms with Crippen LogP contribution in [0.4, 0.5) is 11.4 Å². The smallest absolute Gasteiger partial charge is 0.283 e. The van der Waals surface area contributed by atoms with Gasteiger partial charge >= 0.3 is 0 Å². The average Bonchev–Trinajstić information content (AvgIpc) is 3.01. The predicted molar refractivity (Wildman–Crippen MR) is 157 cm³/mol. The zero-order valence-corrected chi connectivity index (χ0v) is 22.3. The maximum absolute atomic E-state index is 13.3. The van der Waals surface area contributed by atoms with Crippen molar-refractivity contribution in [3.63, 3.8) is 0 Å². The molecule has 0 bridgehead atoms. The van der Waals surface area contributed by atoms with E-state index >= 15 is 0 Å². The van der Waals surface area contributed by atoms with Gasteiger partial charge in [-0.1, -0.05) is 84.9 Å². The van der Waals surface area contributed by atoms with Gasteiger partial charge in [0.05, 0.1) is 11.4 Å². The van der Waals surface area contributed by atoms with Gasteiger partial charge in [-0.15, -0.1) is 9.46 Å². The lowest BCUT2D eigenvalue weighted by atomic mass is 10.2. The normalized spacial score (nSPS) is 10.5. The number of hydrogen-bond donors (Lipinski definition) is 2. The van der Waals surface area contributed by atoms with Crippen LogP contribution in [0.3, 0.4) is 0 Å². The number of nitrogens with zero attached hydrogens (tertiary/aromatic N) is 2. The molecule has 2 heterocycles. The molecule has 0 saturated carbocycles. The topological polar surface area (TPSA) is 121 Å². The highest BCUT2D eigenvalue weighted by Gasteiger charge is 2.18. The Kier molecular flexibility index (Phi) is 8.54. The fourth-order valence-electron chi connectivity index (χ4n) is 4.05. The van der Waals surface area contributed by atoms with E-state index < -0.39 is 22.9 Å². The number of nitrogens with one attached hydrogen (secondary N) is 2. The van der Waals surface area contributed by atoms with Crippen molar-refractivity contribution in [2.24, 2.45) is 0 Å². The second kappa shape index (κ2) is 13.0. The largest absolute Gasteiger partial charge is 0.405 e. The minimum Gasteiger partial charge on any atom is -0.405 e. The molecule has 10 nitrogen and oxygen atoms in total. The molecule has 5 aromatic rings. The number of pyridine rings is 2. The van der Waals surface area contributed by atoms with Crippen LogP contribution in [0.2, 0.25) is 0 Å². The van der Waals surface area contributed by atoms with Gasteiger partial charge in [-0.25, -0.2) is 0 Å². The van der Waals surface area contributed by atoms with Gasteiger partial charge in [-0.2, -0.15) is 0 Å². The van der Waals surface area contributed by atoms with Crippen molar-refractivity contribution >= 4 is 23.2 Å². The fourth-order valence-corrected chi connectivity index (χ4v) is 4.05. The summed E-state index contributed by atoms with van der Waals surface area (Å²) >= 11 is 0. The maximum atomic E-state index is 13.3. The Morgan fingerprint density at radius 2 is 0.881 bits per heavy atom. The van der Waals surface area contributed by atoms with Gasteiger partial charge in [0.1, 0.15) is 24.6 Å². The molecule has 2 amide bonds. The summed E-state index contributed by atoms with van der Waals surface area (Å²) in [7, 11) is 0. The van der Waals surface area contributed by atoms with Gasteiger partial charge < -0.3 is 20.3 Å². The molecular formula is C32H26N4O6. The Morgan fingerprint density at radius 1 is 0.500 bits per heavy atom. The minimum absolute atomic E-state index is 0.0363. The van der Waals surface area contributed by atoms with Crippen molar-refractivity contribution in [2.75, 3.05) is 10.6 Å². The number of anilines is 2. The van der Waals surface area contributed by atoms with Crippen LogP contribution >= 0.6 is 0 Å². The van der Waals surface area contributed by atoms with Crippen molar-refractivity contribution in [3.8, 4) is 0 Å². The molecule has 2 N–H and O–H groups in total. The summed E-state index contributed by atoms with van der Waals surface area (Å²) in [4.78, 5) is 63.0. The van der Waals surface area contributed by atoms with Crippen LogP contribution in [0.25, 0.3) is 0 Å². The molecule has 210 valence electrons. The van der Waals surface area contributed by atoms with Gasteiger partial charge in [0, 0.05) is 12.1 Å². The van der Waals surface area contributed by atoms with E-state index in [9.17, 15) is 19.2 Å². The van der Waals surface area contributed by atoms with Crippen molar-refractivity contribution in [3.05, 3.63) is 165 Å². The Labute approximate surface area is 240 Å². The monoisotopic (exact) mass is 562 g/mol. The van der Waals surface area contributed by atoms with Crippen LogP contribution in [-0.4, -0.2) is 21.3 Å². The van der Waals surface area contributed by atoms with Gasteiger partial charge in [0.2, 0.25) is 0 Å². The Hall–Kier alpha value is -5.90. The molecule has 0 atom stereocenters. The Bertz CT molecular complexity index is 1680. The molecule has 2 aromatic heterocycles. The van der Waals surface area contributed by atoms with E-state index in [-0.39, 0.29) is 36.0 Å². The first kappa shape index (κ1) is 27.7. The van der Waals surface area contributed by atoms with E-state index in [4.69, 9.17) is 9.68 Å². The molecule has 0 radical (unpaired) electrons. The predicted octanol–water partition coefficient (Wildman–Crippen LogP) is 3.77. The molecule has 0 saturated heterocycles. The van der Waals surface area contributed by atoms with Crippen molar-refractivity contribution in [1.82, 2.24) is 9.46 Å². The van der Waals surface area contributed by atoms with Crippen LogP contribution in [0.5, 0.6) is 0 Å². The van der Waals surface area contributed by atoms with Gasteiger partial charge in [-0.3, -0.25) is 19.2 Å². The first-order valence-corrected chi connectivity index (χ1v) is 13.0. The lowest BCUT2D eigenvalue weighted by Crippen LogP contribution is -2.33. The molecule has 5 rings (SSSR count). The summed E-state index contributed by atoms with van der Waals surface area (Å²) in [5, 5.41) is 5.46. The second-order valence-corrected chi connectivity index (χ2v) is 9.06. The number of carbonyl (C=O) groups excluding carboxylic acids is 2. The lowest BCUT2D eigenvalue weighted by molar-refractivity contribution is 0.0741. The molecule has 3 aromatic carbocycles. The highest BCUT2D eigenvalue weighted by molar-refractivity contribution is 6.08. The SMILES string of the molecule is O=C(Nc1ccccc1NC(=O)c1cccc(=O)n1OCc1ccccc1)c1cccc(=O)n1OCc1ccccc1. The zero-order valence-electron chi connectivity index (χ0n) is 22.3. The summed E-state index contributed by atoms with van der Waals surface area (Å²) in [6, 6.07) is 33.4. The van der Waals surface area contributed by atoms with E-state index in [0.29, 0.717) is 0 Å². The highest BCUT2D eigenvalue weighted by atomic mass is 16.7. The molecule has 0 aliphatic heterocycles. The lowest BCUT2D eigenvalue weighted by Gasteiger charge is -2.16. The third kappa shape index (κ3) is 6.62. The number of aromatic nitrogens is 2. The molecular weight excluding hydrogens is 536 g/mol. The number of hydrogen-bond acceptors (Lipinski definition) is 6. The number of para-hydroxylation sites is 2. The number of rotatable bonds is 10. The number of amides is 2. The van der Waals surface area contributed by atoms with Crippen molar-refractivity contribution in [2.45, 2.75) is 13.2 Å². The van der Waals surface area contributed by atoms with Crippen molar-refractivity contribution in [1.29, 1.82) is 0 Å². The standard InChI is InChI=1S/C32H26N4O6/c37-29-19-9-17-27(35(29)41-21-23-11-3-1-4-12-23)31(39)33-25-15-7-8-16-26(25)34-32(40)28-18-10-20-30(38)36(28)42-22-24-13-5-2-6-14-24/h1-20H,21-22H2,(H,33,39)(H,34,40). The van der Waals surface area contributed by atoms with E-state index in [1.807, 2.05) is 60.7 Å².